The first-order valence-corrected chi connectivity index (χ1v) is 5.77. The maximum atomic E-state index is 11.6. The van der Waals surface area contributed by atoms with Gasteiger partial charge in [0.1, 0.15) is 0 Å². The van der Waals surface area contributed by atoms with Gasteiger partial charge in [0, 0.05) is 19.1 Å². The van der Waals surface area contributed by atoms with Crippen LogP contribution in [0.25, 0.3) is 0 Å². The minimum absolute atomic E-state index is 0.183. The standard InChI is InChI=1S/C11H22N2O2/c1-9(2)8-15-11(14)13-6-3-4-10(12)5-7-13/h9-10H,3-8,12H2,1-2H3. The summed E-state index contributed by atoms with van der Waals surface area (Å²) in [4.78, 5) is 13.4. The minimum Gasteiger partial charge on any atom is -0.449 e. The van der Waals surface area contributed by atoms with E-state index in [1.54, 1.807) is 4.90 Å². The van der Waals surface area contributed by atoms with Crippen molar-refractivity contribution >= 4 is 6.09 Å². The molecule has 0 radical (unpaired) electrons. The van der Waals surface area contributed by atoms with E-state index in [0.29, 0.717) is 12.5 Å². The van der Waals surface area contributed by atoms with Gasteiger partial charge in [0.05, 0.1) is 6.61 Å². The van der Waals surface area contributed by atoms with E-state index in [0.717, 1.165) is 32.4 Å². The van der Waals surface area contributed by atoms with Gasteiger partial charge in [0.25, 0.3) is 0 Å². The highest BCUT2D eigenvalue weighted by Crippen LogP contribution is 2.10. The number of hydrogen-bond acceptors (Lipinski definition) is 3. The summed E-state index contributed by atoms with van der Waals surface area (Å²) in [6.07, 6.45) is 2.70. The van der Waals surface area contributed by atoms with E-state index < -0.39 is 0 Å². The molecule has 1 rings (SSSR count). The molecule has 2 N–H and O–H groups in total. The molecule has 4 nitrogen and oxygen atoms in total. The van der Waals surface area contributed by atoms with Gasteiger partial charge in [-0.15, -0.1) is 0 Å². The second-order valence-electron chi connectivity index (χ2n) is 4.65. The number of likely N-dealkylation sites (tertiary alicyclic amines) is 1. The van der Waals surface area contributed by atoms with Crippen molar-refractivity contribution in [2.75, 3.05) is 19.7 Å². The fraction of sp³-hybridized carbons (Fsp3) is 0.909. The molecule has 1 aliphatic rings. The Kier molecular flexibility index (Phi) is 4.88. The Balaban J connectivity index is 2.31. The van der Waals surface area contributed by atoms with Gasteiger partial charge in [-0.05, 0) is 25.2 Å². The molecule has 1 heterocycles. The summed E-state index contributed by atoms with van der Waals surface area (Å²) in [6.45, 7) is 6.08. The lowest BCUT2D eigenvalue weighted by molar-refractivity contribution is 0.0931. The molecular weight excluding hydrogens is 192 g/mol. The van der Waals surface area contributed by atoms with Crippen molar-refractivity contribution < 1.29 is 9.53 Å². The van der Waals surface area contributed by atoms with Crippen LogP contribution in [-0.2, 0) is 4.74 Å². The molecule has 1 atom stereocenters. The maximum absolute atomic E-state index is 11.6. The number of nitrogens with two attached hydrogens (primary N) is 1. The lowest BCUT2D eigenvalue weighted by Crippen LogP contribution is -2.34. The van der Waals surface area contributed by atoms with Crippen LogP contribution in [0.1, 0.15) is 33.1 Å². The van der Waals surface area contributed by atoms with Crippen molar-refractivity contribution in [1.82, 2.24) is 4.90 Å². The Morgan fingerprint density at radius 1 is 1.47 bits per heavy atom. The summed E-state index contributed by atoms with van der Waals surface area (Å²) in [5, 5.41) is 0. The lowest BCUT2D eigenvalue weighted by Gasteiger charge is -2.20. The molecule has 0 saturated carbocycles. The van der Waals surface area contributed by atoms with E-state index in [1.165, 1.54) is 0 Å². The van der Waals surface area contributed by atoms with Crippen LogP contribution in [0.2, 0.25) is 0 Å². The second kappa shape index (κ2) is 5.95. The van der Waals surface area contributed by atoms with Gasteiger partial charge >= 0.3 is 6.09 Å². The first-order valence-electron chi connectivity index (χ1n) is 5.77. The zero-order valence-electron chi connectivity index (χ0n) is 9.74. The van der Waals surface area contributed by atoms with E-state index >= 15 is 0 Å². The highest BCUT2D eigenvalue weighted by Gasteiger charge is 2.19. The lowest BCUT2D eigenvalue weighted by atomic mass is 10.1. The van der Waals surface area contributed by atoms with Crippen molar-refractivity contribution in [3.05, 3.63) is 0 Å². The van der Waals surface area contributed by atoms with Crippen LogP contribution in [0, 0.1) is 5.92 Å². The quantitative estimate of drug-likeness (QED) is 0.759. The largest absolute Gasteiger partial charge is 0.449 e. The predicted octanol–water partition coefficient (Wildman–Crippen LogP) is 1.59. The van der Waals surface area contributed by atoms with E-state index in [1.807, 2.05) is 13.8 Å². The Labute approximate surface area is 91.8 Å². The SMILES string of the molecule is CC(C)COC(=O)N1CCCC(N)CC1. The molecule has 4 heteroatoms. The molecule has 1 saturated heterocycles. The normalized spacial score (nSPS) is 22.7. The third-order valence-corrected chi connectivity index (χ3v) is 2.57. The molecule has 1 unspecified atom stereocenters. The average molecular weight is 214 g/mol. The molecule has 0 aliphatic carbocycles. The third-order valence-electron chi connectivity index (χ3n) is 2.57. The van der Waals surface area contributed by atoms with Gasteiger partial charge in [-0.1, -0.05) is 13.8 Å². The Hall–Kier alpha value is -0.770. The highest BCUT2D eigenvalue weighted by molar-refractivity contribution is 5.67. The van der Waals surface area contributed by atoms with E-state index in [9.17, 15) is 4.79 Å². The number of ether oxygens (including phenoxy) is 1. The van der Waals surface area contributed by atoms with Crippen LogP contribution in [-0.4, -0.2) is 36.7 Å². The average Bonchev–Trinajstić information content (AvgIpc) is 2.39. The maximum Gasteiger partial charge on any atom is 0.409 e. The molecule has 0 aromatic heterocycles. The Bertz CT molecular complexity index is 207. The van der Waals surface area contributed by atoms with Crippen LogP contribution < -0.4 is 5.73 Å². The zero-order chi connectivity index (χ0) is 11.3. The first kappa shape index (κ1) is 12.3. The van der Waals surface area contributed by atoms with Gasteiger partial charge in [-0.3, -0.25) is 0 Å². The number of nitrogens with zero attached hydrogens (tertiary/aromatic N) is 1. The van der Waals surface area contributed by atoms with Gasteiger partial charge in [-0.2, -0.15) is 0 Å². The monoisotopic (exact) mass is 214 g/mol. The minimum atomic E-state index is -0.183. The van der Waals surface area contributed by atoms with Gasteiger partial charge in [0.15, 0.2) is 0 Å². The van der Waals surface area contributed by atoms with Gasteiger partial charge in [0.2, 0.25) is 0 Å². The van der Waals surface area contributed by atoms with Gasteiger partial charge < -0.3 is 15.4 Å². The summed E-state index contributed by atoms with van der Waals surface area (Å²) in [5.41, 5.74) is 5.84. The Morgan fingerprint density at radius 3 is 2.87 bits per heavy atom. The fourth-order valence-corrected chi connectivity index (χ4v) is 1.63. The molecule has 0 aromatic rings. The number of rotatable bonds is 2. The molecule has 0 bridgehead atoms. The fourth-order valence-electron chi connectivity index (χ4n) is 1.63. The summed E-state index contributed by atoms with van der Waals surface area (Å²) >= 11 is 0. The predicted molar refractivity (Wildman–Crippen MR) is 59.6 cm³/mol. The van der Waals surface area contributed by atoms with E-state index in [4.69, 9.17) is 10.5 Å². The molecule has 15 heavy (non-hydrogen) atoms. The topological polar surface area (TPSA) is 55.6 Å². The van der Waals surface area contributed by atoms with Crippen LogP contribution in [0.4, 0.5) is 4.79 Å². The second-order valence-corrected chi connectivity index (χ2v) is 4.65. The number of carbonyl (C=O) groups is 1. The highest BCUT2D eigenvalue weighted by atomic mass is 16.6. The van der Waals surface area contributed by atoms with Gasteiger partial charge in [-0.25, -0.2) is 4.79 Å². The first-order chi connectivity index (χ1) is 7.09. The summed E-state index contributed by atoms with van der Waals surface area (Å²) < 4.78 is 5.18. The molecule has 1 amide bonds. The molecular formula is C11H22N2O2. The van der Waals surface area contributed by atoms with Crippen molar-refractivity contribution in [1.29, 1.82) is 0 Å². The van der Waals surface area contributed by atoms with Crippen LogP contribution in [0.15, 0.2) is 0 Å². The number of carbonyl (C=O) groups excluding carboxylic acids is 1. The van der Waals surface area contributed by atoms with E-state index in [-0.39, 0.29) is 12.1 Å². The van der Waals surface area contributed by atoms with E-state index in [2.05, 4.69) is 0 Å². The molecule has 0 spiro atoms. The van der Waals surface area contributed by atoms with Crippen LogP contribution in [0.5, 0.6) is 0 Å². The van der Waals surface area contributed by atoms with Crippen LogP contribution >= 0.6 is 0 Å². The molecule has 0 aromatic carbocycles. The number of hydrogen-bond donors (Lipinski definition) is 1. The smallest absolute Gasteiger partial charge is 0.409 e. The van der Waals surface area contributed by atoms with Crippen molar-refractivity contribution in [3.8, 4) is 0 Å². The molecule has 1 aliphatic heterocycles. The van der Waals surface area contributed by atoms with Crippen molar-refractivity contribution in [3.63, 3.8) is 0 Å². The van der Waals surface area contributed by atoms with Crippen molar-refractivity contribution in [2.24, 2.45) is 11.7 Å². The third kappa shape index (κ3) is 4.51. The summed E-state index contributed by atoms with van der Waals surface area (Å²) in [5.74, 6) is 0.392. The molecule has 88 valence electrons. The zero-order valence-corrected chi connectivity index (χ0v) is 9.74. The summed E-state index contributed by atoms with van der Waals surface area (Å²) in [6, 6.07) is 0.243. The van der Waals surface area contributed by atoms with Crippen LogP contribution in [0.3, 0.4) is 0 Å². The van der Waals surface area contributed by atoms with Crippen molar-refractivity contribution in [2.45, 2.75) is 39.2 Å². The number of amides is 1. The Morgan fingerprint density at radius 2 is 2.20 bits per heavy atom. The molecule has 1 fully saturated rings. The summed E-state index contributed by atoms with van der Waals surface area (Å²) in [7, 11) is 0.